The van der Waals surface area contributed by atoms with Crippen molar-refractivity contribution in [1.29, 1.82) is 0 Å². The summed E-state index contributed by atoms with van der Waals surface area (Å²) in [7, 11) is 3.09. The van der Waals surface area contributed by atoms with Gasteiger partial charge in [0.25, 0.3) is 17.7 Å². The highest BCUT2D eigenvalue weighted by Gasteiger charge is 2.13. The normalized spacial score (nSPS) is 10.3. The van der Waals surface area contributed by atoms with Crippen molar-refractivity contribution in [2.24, 2.45) is 0 Å². The topological polar surface area (TPSA) is 91.8 Å². The Morgan fingerprint density at radius 1 is 0.735 bits per heavy atom. The van der Waals surface area contributed by atoms with Crippen molar-refractivity contribution in [3.63, 3.8) is 0 Å². The molecule has 0 aliphatic rings. The van der Waals surface area contributed by atoms with Crippen LogP contribution in [0.4, 0.5) is 5.69 Å². The van der Waals surface area contributed by atoms with Gasteiger partial charge in [-0.3, -0.25) is 4.79 Å². The lowest BCUT2D eigenvalue weighted by Gasteiger charge is -2.11. The van der Waals surface area contributed by atoms with Crippen LogP contribution in [0.25, 0.3) is 0 Å². The molecule has 172 valence electrons. The van der Waals surface area contributed by atoms with Crippen LogP contribution in [0, 0.1) is 6.92 Å². The summed E-state index contributed by atoms with van der Waals surface area (Å²) in [5.41, 5.74) is 2.16. The third-order valence-electron chi connectivity index (χ3n) is 4.84. The highest BCUT2D eigenvalue weighted by molar-refractivity contribution is 6.04. The van der Waals surface area contributed by atoms with Crippen LogP contribution in [-0.2, 0) is 0 Å². The number of carbonyl (C=O) groups excluding carboxylic acids is 1. The lowest BCUT2D eigenvalue weighted by molar-refractivity contribution is 0.102. The Morgan fingerprint density at radius 3 is 1.85 bits per heavy atom. The first-order valence-corrected chi connectivity index (χ1v) is 10.4. The van der Waals surface area contributed by atoms with E-state index < -0.39 is 0 Å². The fraction of sp³-hybridized carbons (Fsp3) is 0.115. The molecular formula is C26H23N3O5. The van der Waals surface area contributed by atoms with Gasteiger partial charge in [0.1, 0.15) is 11.5 Å². The van der Waals surface area contributed by atoms with Crippen LogP contribution in [0.1, 0.15) is 15.9 Å². The number of nitrogens with one attached hydrogen (secondary N) is 1. The maximum absolute atomic E-state index is 12.7. The van der Waals surface area contributed by atoms with Gasteiger partial charge in [-0.2, -0.15) is 0 Å². The quantitative estimate of drug-likeness (QED) is 0.366. The van der Waals surface area contributed by atoms with Crippen molar-refractivity contribution in [2.45, 2.75) is 6.92 Å². The third-order valence-corrected chi connectivity index (χ3v) is 4.84. The fourth-order valence-corrected chi connectivity index (χ4v) is 3.07. The van der Waals surface area contributed by atoms with E-state index in [0.29, 0.717) is 34.2 Å². The van der Waals surface area contributed by atoms with Crippen molar-refractivity contribution >= 4 is 11.6 Å². The summed E-state index contributed by atoms with van der Waals surface area (Å²) in [6.45, 7) is 2.00. The molecule has 4 rings (SSSR count). The first-order chi connectivity index (χ1) is 16.6. The number of hydrogen-bond acceptors (Lipinski definition) is 7. The lowest BCUT2D eigenvalue weighted by Crippen LogP contribution is -2.11. The van der Waals surface area contributed by atoms with E-state index in [4.69, 9.17) is 18.9 Å². The Bertz CT molecular complexity index is 1270. The van der Waals surface area contributed by atoms with Gasteiger partial charge in [-0.05, 0) is 55.5 Å². The summed E-state index contributed by atoms with van der Waals surface area (Å²) in [5, 5.41) is 2.84. The van der Waals surface area contributed by atoms with Gasteiger partial charge >= 0.3 is 0 Å². The summed E-state index contributed by atoms with van der Waals surface area (Å²) in [6, 6.07) is 19.4. The van der Waals surface area contributed by atoms with Gasteiger partial charge in [0.05, 0.1) is 14.2 Å². The summed E-state index contributed by atoms with van der Waals surface area (Å²) >= 11 is 0. The molecule has 0 spiro atoms. The van der Waals surface area contributed by atoms with Gasteiger partial charge in [0.15, 0.2) is 11.5 Å². The van der Waals surface area contributed by atoms with Crippen LogP contribution >= 0.6 is 0 Å². The van der Waals surface area contributed by atoms with Gasteiger partial charge in [-0.15, -0.1) is 0 Å². The van der Waals surface area contributed by atoms with Crippen LogP contribution in [0.2, 0.25) is 0 Å². The second-order valence-electron chi connectivity index (χ2n) is 7.23. The average molecular weight is 457 g/mol. The minimum absolute atomic E-state index is 0.214. The van der Waals surface area contributed by atoms with Crippen LogP contribution in [-0.4, -0.2) is 30.1 Å². The van der Waals surface area contributed by atoms with Crippen LogP contribution in [0.15, 0.2) is 79.1 Å². The Morgan fingerprint density at radius 2 is 1.29 bits per heavy atom. The standard InChI is InChI=1S/C26H23N3O5/c1-17-4-9-20(10-5-17)33-25-26(28-15-14-27-25)34-21-11-6-18(7-12-21)24(30)29-19-8-13-22(31-2)23(16-19)32-3/h4-16H,1-3H3,(H,29,30). The van der Waals surface area contributed by atoms with Gasteiger partial charge in [-0.1, -0.05) is 17.7 Å². The first kappa shape index (κ1) is 22.6. The number of carbonyl (C=O) groups is 1. The van der Waals surface area contributed by atoms with Gasteiger partial charge in [0.2, 0.25) is 0 Å². The van der Waals surface area contributed by atoms with Crippen LogP contribution in [0.5, 0.6) is 34.8 Å². The number of hydrogen-bond donors (Lipinski definition) is 1. The maximum atomic E-state index is 12.7. The average Bonchev–Trinajstić information content (AvgIpc) is 2.87. The van der Waals surface area contributed by atoms with Crippen molar-refractivity contribution in [1.82, 2.24) is 9.97 Å². The molecule has 1 N–H and O–H groups in total. The van der Waals surface area contributed by atoms with E-state index in [9.17, 15) is 4.79 Å². The minimum Gasteiger partial charge on any atom is -0.493 e. The number of ether oxygens (including phenoxy) is 4. The van der Waals surface area contributed by atoms with Crippen molar-refractivity contribution < 1.29 is 23.7 Å². The third kappa shape index (κ3) is 5.42. The molecule has 1 amide bonds. The second-order valence-corrected chi connectivity index (χ2v) is 7.23. The monoisotopic (exact) mass is 457 g/mol. The highest BCUT2D eigenvalue weighted by Crippen LogP contribution is 2.32. The Labute approximate surface area is 197 Å². The number of rotatable bonds is 8. The van der Waals surface area contributed by atoms with E-state index in [-0.39, 0.29) is 17.7 Å². The molecule has 8 heteroatoms. The zero-order chi connectivity index (χ0) is 23.9. The largest absolute Gasteiger partial charge is 0.493 e. The number of benzene rings is 3. The van der Waals surface area contributed by atoms with Gasteiger partial charge in [-0.25, -0.2) is 9.97 Å². The molecule has 4 aromatic rings. The van der Waals surface area contributed by atoms with E-state index >= 15 is 0 Å². The van der Waals surface area contributed by atoms with E-state index in [1.165, 1.54) is 19.5 Å². The number of nitrogens with zero attached hydrogens (tertiary/aromatic N) is 2. The Balaban J connectivity index is 1.44. The summed E-state index contributed by atoms with van der Waals surface area (Å²) in [5.74, 6) is 2.39. The molecule has 0 bridgehead atoms. The SMILES string of the molecule is COc1ccc(NC(=O)c2ccc(Oc3nccnc3Oc3ccc(C)cc3)cc2)cc1OC. The molecule has 0 fully saturated rings. The number of aromatic nitrogens is 2. The molecule has 34 heavy (non-hydrogen) atoms. The van der Waals surface area contributed by atoms with Crippen molar-refractivity contribution in [3.05, 3.63) is 90.3 Å². The summed E-state index contributed by atoms with van der Waals surface area (Å²) in [6.07, 6.45) is 3.04. The Hall–Kier alpha value is -4.59. The molecule has 1 heterocycles. The molecule has 0 aliphatic carbocycles. The lowest BCUT2D eigenvalue weighted by atomic mass is 10.2. The summed E-state index contributed by atoms with van der Waals surface area (Å²) in [4.78, 5) is 21.1. The number of aryl methyl sites for hydroxylation is 1. The molecule has 1 aromatic heterocycles. The van der Waals surface area contributed by atoms with E-state index in [0.717, 1.165) is 5.56 Å². The number of anilines is 1. The number of methoxy groups -OCH3 is 2. The van der Waals surface area contributed by atoms with E-state index in [1.807, 2.05) is 31.2 Å². The van der Waals surface area contributed by atoms with Gasteiger partial charge < -0.3 is 24.3 Å². The number of amides is 1. The zero-order valence-electron chi connectivity index (χ0n) is 18.9. The molecule has 3 aromatic carbocycles. The van der Waals surface area contributed by atoms with E-state index in [1.54, 1.807) is 49.6 Å². The molecule has 0 saturated heterocycles. The zero-order valence-corrected chi connectivity index (χ0v) is 18.9. The predicted molar refractivity (Wildman–Crippen MR) is 127 cm³/mol. The Kier molecular flexibility index (Phi) is 6.88. The maximum Gasteiger partial charge on any atom is 0.284 e. The van der Waals surface area contributed by atoms with Crippen LogP contribution in [0.3, 0.4) is 0 Å². The smallest absolute Gasteiger partial charge is 0.284 e. The molecular weight excluding hydrogens is 434 g/mol. The predicted octanol–water partition coefficient (Wildman–Crippen LogP) is 5.64. The highest BCUT2D eigenvalue weighted by atomic mass is 16.5. The minimum atomic E-state index is -0.276. The molecule has 0 atom stereocenters. The van der Waals surface area contributed by atoms with E-state index in [2.05, 4.69) is 15.3 Å². The van der Waals surface area contributed by atoms with Crippen LogP contribution < -0.4 is 24.3 Å². The molecule has 0 radical (unpaired) electrons. The molecule has 0 saturated carbocycles. The molecule has 0 aliphatic heterocycles. The second kappa shape index (κ2) is 10.4. The van der Waals surface area contributed by atoms with Gasteiger partial charge in [0, 0.05) is 29.7 Å². The first-order valence-electron chi connectivity index (χ1n) is 10.4. The van der Waals surface area contributed by atoms with Crippen molar-refractivity contribution in [2.75, 3.05) is 19.5 Å². The molecule has 8 nitrogen and oxygen atoms in total. The fourth-order valence-electron chi connectivity index (χ4n) is 3.07. The molecule has 0 unspecified atom stereocenters. The summed E-state index contributed by atoms with van der Waals surface area (Å²) < 4.78 is 22.2. The van der Waals surface area contributed by atoms with Crippen molar-refractivity contribution in [3.8, 4) is 34.8 Å².